The van der Waals surface area contributed by atoms with Crippen molar-refractivity contribution in [2.45, 2.75) is 24.0 Å². The van der Waals surface area contributed by atoms with E-state index in [2.05, 4.69) is 15.4 Å². The minimum absolute atomic E-state index is 0.110. The maximum atomic E-state index is 13.3. The highest BCUT2D eigenvalue weighted by Gasteiger charge is 2.29. The number of aromatic nitrogens is 4. The first-order chi connectivity index (χ1) is 16.5. The number of thioether (sulfide) groups is 1. The molecule has 1 unspecified atom stereocenters. The molecule has 4 aromatic rings. The van der Waals surface area contributed by atoms with Gasteiger partial charge in [-0.25, -0.2) is 14.1 Å². The Balaban J connectivity index is 1.28. The molecule has 1 aliphatic rings. The lowest BCUT2D eigenvalue weighted by Gasteiger charge is -2.13. The topological polar surface area (TPSA) is 91.0 Å². The summed E-state index contributed by atoms with van der Waals surface area (Å²) in [5.74, 6) is 0.919. The third-order valence-corrected chi connectivity index (χ3v) is 6.86. The maximum absolute atomic E-state index is 13.3. The van der Waals surface area contributed by atoms with Crippen LogP contribution in [-0.2, 0) is 11.2 Å². The molecule has 0 aliphatic carbocycles. The first-order valence-corrected chi connectivity index (χ1v) is 11.8. The quantitative estimate of drug-likeness (QED) is 0.410. The minimum atomic E-state index is -0.352. The van der Waals surface area contributed by atoms with Gasteiger partial charge in [-0.3, -0.25) is 14.2 Å². The number of rotatable bonds is 7. The van der Waals surface area contributed by atoms with E-state index < -0.39 is 0 Å². The highest BCUT2D eigenvalue weighted by atomic mass is 32.2. The van der Waals surface area contributed by atoms with Crippen LogP contribution in [0.15, 0.2) is 64.7 Å². The van der Waals surface area contributed by atoms with Crippen molar-refractivity contribution in [3.8, 4) is 11.4 Å². The molecule has 1 aliphatic heterocycles. The summed E-state index contributed by atoms with van der Waals surface area (Å²) < 4.78 is 21.6. The van der Waals surface area contributed by atoms with Crippen molar-refractivity contribution in [1.82, 2.24) is 24.6 Å². The van der Waals surface area contributed by atoms with Crippen molar-refractivity contribution in [1.29, 1.82) is 0 Å². The second-order valence-electron chi connectivity index (χ2n) is 7.96. The van der Waals surface area contributed by atoms with E-state index in [0.29, 0.717) is 40.6 Å². The number of carbonyl (C=O) groups excluding carboxylic acids is 1. The number of nitrogens with zero attached hydrogens (tertiary/aromatic N) is 4. The van der Waals surface area contributed by atoms with Gasteiger partial charge < -0.3 is 10.1 Å². The lowest BCUT2D eigenvalue weighted by molar-refractivity contribution is -0.121. The Hall–Kier alpha value is -3.66. The van der Waals surface area contributed by atoms with Crippen LogP contribution in [0, 0.1) is 5.82 Å². The molecular formula is C24H22FN5O3S. The third kappa shape index (κ3) is 4.28. The molecule has 34 heavy (non-hydrogen) atoms. The van der Waals surface area contributed by atoms with E-state index in [0.717, 1.165) is 11.3 Å². The van der Waals surface area contributed by atoms with Crippen molar-refractivity contribution < 1.29 is 13.9 Å². The molecule has 0 saturated heterocycles. The summed E-state index contributed by atoms with van der Waals surface area (Å²) in [6.07, 6.45) is 2.37. The molecule has 174 valence electrons. The van der Waals surface area contributed by atoms with Crippen LogP contribution in [0.3, 0.4) is 0 Å². The van der Waals surface area contributed by atoms with Gasteiger partial charge in [0.25, 0.3) is 5.56 Å². The molecule has 0 spiro atoms. The lowest BCUT2D eigenvalue weighted by Crippen LogP contribution is -2.31. The Labute approximate surface area is 198 Å². The van der Waals surface area contributed by atoms with Crippen LogP contribution in [0.25, 0.3) is 16.7 Å². The van der Waals surface area contributed by atoms with Gasteiger partial charge in [0.15, 0.2) is 10.8 Å². The van der Waals surface area contributed by atoms with Crippen molar-refractivity contribution in [2.24, 2.45) is 0 Å². The predicted octanol–water partition coefficient (Wildman–Crippen LogP) is 3.13. The van der Waals surface area contributed by atoms with Crippen LogP contribution in [-0.4, -0.2) is 44.6 Å². The molecule has 8 nitrogen and oxygen atoms in total. The summed E-state index contributed by atoms with van der Waals surface area (Å²) in [6.45, 7) is 0.508. The molecule has 5 rings (SSSR count). The van der Waals surface area contributed by atoms with Crippen LogP contribution in [0.1, 0.15) is 18.0 Å². The van der Waals surface area contributed by atoms with Gasteiger partial charge in [0.05, 0.1) is 25.0 Å². The molecule has 0 bridgehead atoms. The van der Waals surface area contributed by atoms with Gasteiger partial charge in [0.2, 0.25) is 5.91 Å². The summed E-state index contributed by atoms with van der Waals surface area (Å²) in [6, 6.07) is 13.3. The smallest absolute Gasteiger partial charge is 0.265 e. The van der Waals surface area contributed by atoms with E-state index in [9.17, 15) is 14.0 Å². The number of benzene rings is 2. The Morgan fingerprint density at radius 1 is 1.21 bits per heavy atom. The van der Waals surface area contributed by atoms with Gasteiger partial charge in [0.1, 0.15) is 17.0 Å². The van der Waals surface area contributed by atoms with Crippen molar-refractivity contribution in [2.75, 3.05) is 19.4 Å². The van der Waals surface area contributed by atoms with Gasteiger partial charge >= 0.3 is 0 Å². The number of hydrogen-bond acceptors (Lipinski definition) is 6. The molecule has 2 aromatic heterocycles. The molecule has 2 aromatic carbocycles. The highest BCUT2D eigenvalue weighted by Crippen LogP contribution is 2.33. The number of nitrogens with one attached hydrogen (secondary N) is 1. The highest BCUT2D eigenvalue weighted by molar-refractivity contribution is 7.99. The summed E-state index contributed by atoms with van der Waals surface area (Å²) in [5, 5.41) is 8.14. The second kappa shape index (κ2) is 9.30. The fourth-order valence-electron chi connectivity index (χ4n) is 3.98. The number of methoxy groups -OCH3 is 1. The van der Waals surface area contributed by atoms with Crippen LogP contribution in [0.4, 0.5) is 4.39 Å². The van der Waals surface area contributed by atoms with E-state index in [1.165, 1.54) is 34.8 Å². The fourth-order valence-corrected chi connectivity index (χ4v) is 5.11. The second-order valence-corrected chi connectivity index (χ2v) is 8.94. The number of fused-ring (bicyclic) bond motifs is 2. The summed E-state index contributed by atoms with van der Waals surface area (Å²) >= 11 is 1.44. The van der Waals surface area contributed by atoms with E-state index >= 15 is 0 Å². The first-order valence-electron chi connectivity index (χ1n) is 10.8. The molecule has 0 radical (unpaired) electrons. The Morgan fingerprint density at radius 3 is 2.71 bits per heavy atom. The number of halogens is 1. The van der Waals surface area contributed by atoms with Crippen LogP contribution < -0.4 is 15.6 Å². The lowest BCUT2D eigenvalue weighted by atomic mass is 10.1. The molecule has 10 heteroatoms. The van der Waals surface area contributed by atoms with Crippen LogP contribution in [0.2, 0.25) is 0 Å². The summed E-state index contributed by atoms with van der Waals surface area (Å²) in [5.41, 5.74) is 1.90. The number of amides is 1. The molecular weight excluding hydrogens is 457 g/mol. The van der Waals surface area contributed by atoms with Crippen LogP contribution in [0.5, 0.6) is 5.75 Å². The number of hydrogen-bond donors (Lipinski definition) is 1. The van der Waals surface area contributed by atoms with Gasteiger partial charge in [0, 0.05) is 18.7 Å². The average molecular weight is 480 g/mol. The van der Waals surface area contributed by atoms with Gasteiger partial charge in [-0.2, -0.15) is 5.10 Å². The number of ether oxygens (including phenoxy) is 1. The first kappa shape index (κ1) is 22.1. The minimum Gasteiger partial charge on any atom is -0.497 e. The number of carbonyl (C=O) groups is 1. The molecule has 1 atom stereocenters. The average Bonchev–Trinajstić information content (AvgIpc) is 3.45. The standard InChI is InChI=1S/C24H22FN5O3S/c1-33-19-8-2-15(3-9-19)10-11-26-21(31)12-18-14-34-24-28-22-20(23(32)29(18)24)13-27-30(22)17-6-4-16(25)5-7-17/h2-9,13,18H,10-12,14H2,1H3,(H,26,31). The maximum Gasteiger partial charge on any atom is 0.265 e. The summed E-state index contributed by atoms with van der Waals surface area (Å²) in [7, 11) is 1.62. The van der Waals surface area contributed by atoms with Crippen molar-refractivity contribution >= 4 is 28.7 Å². The third-order valence-electron chi connectivity index (χ3n) is 5.76. The SMILES string of the molecule is COc1ccc(CCNC(=O)CC2CSc3nc4c(cnn4-c4ccc(F)cc4)c(=O)n32)cc1. The van der Waals surface area contributed by atoms with E-state index in [1.807, 2.05) is 24.3 Å². The van der Waals surface area contributed by atoms with Gasteiger partial charge in [-0.15, -0.1) is 0 Å². The normalized spacial score (nSPS) is 14.8. The van der Waals surface area contributed by atoms with Crippen LogP contribution >= 0.6 is 11.8 Å². The van der Waals surface area contributed by atoms with E-state index in [1.54, 1.807) is 23.8 Å². The van der Waals surface area contributed by atoms with Gasteiger partial charge in [-0.1, -0.05) is 23.9 Å². The molecule has 0 fully saturated rings. The molecule has 1 amide bonds. The Kier molecular flexibility index (Phi) is 6.06. The van der Waals surface area contributed by atoms with Gasteiger partial charge in [-0.05, 0) is 48.4 Å². The van der Waals surface area contributed by atoms with E-state index in [4.69, 9.17) is 4.74 Å². The summed E-state index contributed by atoms with van der Waals surface area (Å²) in [4.78, 5) is 30.4. The molecule has 1 N–H and O–H groups in total. The zero-order valence-electron chi connectivity index (χ0n) is 18.4. The van der Waals surface area contributed by atoms with E-state index in [-0.39, 0.29) is 29.7 Å². The Morgan fingerprint density at radius 2 is 1.97 bits per heavy atom. The largest absolute Gasteiger partial charge is 0.497 e. The molecule has 0 saturated carbocycles. The predicted molar refractivity (Wildman–Crippen MR) is 127 cm³/mol. The Bertz CT molecular complexity index is 1400. The van der Waals surface area contributed by atoms with Crippen molar-refractivity contribution in [3.63, 3.8) is 0 Å². The molecule has 3 heterocycles. The van der Waals surface area contributed by atoms with Crippen molar-refractivity contribution in [3.05, 3.63) is 76.5 Å². The zero-order chi connectivity index (χ0) is 23.7. The monoisotopic (exact) mass is 479 g/mol. The zero-order valence-corrected chi connectivity index (χ0v) is 19.2. The fraction of sp³-hybridized carbons (Fsp3) is 0.250.